The minimum absolute atomic E-state index is 0.102. The van der Waals surface area contributed by atoms with Crippen LogP contribution in [0.1, 0.15) is 21.7 Å². The van der Waals surface area contributed by atoms with Crippen LogP contribution in [-0.4, -0.2) is 30.8 Å². The summed E-state index contributed by atoms with van der Waals surface area (Å²) < 4.78 is 1.14. The lowest BCUT2D eigenvalue weighted by atomic mass is 10.2. The van der Waals surface area contributed by atoms with Crippen molar-refractivity contribution in [2.75, 3.05) is 0 Å². The molecule has 0 radical (unpaired) electrons. The molecule has 0 saturated heterocycles. The van der Waals surface area contributed by atoms with Crippen molar-refractivity contribution in [3.8, 4) is 6.07 Å². The first kappa shape index (κ1) is 13.2. The van der Waals surface area contributed by atoms with Crippen molar-refractivity contribution in [3.05, 3.63) is 51.6 Å². The molecule has 0 unspecified atom stereocenters. The maximum absolute atomic E-state index is 10.9. The minimum Gasteiger partial charge on any atom is -0.476 e. The van der Waals surface area contributed by atoms with Crippen LogP contribution in [0.2, 0.25) is 0 Å². The van der Waals surface area contributed by atoms with Crippen LogP contribution >= 0.6 is 0 Å². The van der Waals surface area contributed by atoms with Crippen molar-refractivity contribution in [1.29, 1.82) is 5.26 Å². The van der Waals surface area contributed by atoms with Crippen LogP contribution in [0.4, 0.5) is 5.69 Å². The van der Waals surface area contributed by atoms with Gasteiger partial charge in [-0.05, 0) is 17.7 Å². The topological polar surface area (TPSA) is 135 Å². The fourth-order valence-corrected chi connectivity index (χ4v) is 1.60. The normalized spacial score (nSPS) is 9.95. The van der Waals surface area contributed by atoms with Crippen LogP contribution < -0.4 is 0 Å². The predicted octanol–water partition coefficient (Wildman–Crippen LogP) is 0.804. The molecule has 9 heteroatoms. The van der Waals surface area contributed by atoms with E-state index in [1.165, 1.54) is 12.3 Å². The van der Waals surface area contributed by atoms with E-state index in [0.29, 0.717) is 5.56 Å². The number of carbonyl (C=O) groups is 1. The second-order valence-electron chi connectivity index (χ2n) is 3.78. The highest BCUT2D eigenvalue weighted by atomic mass is 16.6. The van der Waals surface area contributed by atoms with Gasteiger partial charge in [0.05, 0.1) is 11.5 Å². The van der Waals surface area contributed by atoms with Gasteiger partial charge in [-0.2, -0.15) is 10.4 Å². The molecular weight excluding hydrogens is 266 g/mol. The third-order valence-electron chi connectivity index (χ3n) is 2.43. The van der Waals surface area contributed by atoms with Crippen LogP contribution in [0.25, 0.3) is 0 Å². The van der Waals surface area contributed by atoms with E-state index in [0.717, 1.165) is 10.9 Å². The quantitative estimate of drug-likeness (QED) is 0.642. The van der Waals surface area contributed by atoms with Crippen molar-refractivity contribution in [3.63, 3.8) is 0 Å². The molecule has 100 valence electrons. The highest BCUT2D eigenvalue weighted by Gasteiger charge is 2.25. The molecule has 2 aromatic rings. The van der Waals surface area contributed by atoms with Gasteiger partial charge in [-0.3, -0.25) is 14.8 Å². The molecule has 2 aromatic heterocycles. The molecule has 0 aliphatic heterocycles. The molecule has 2 rings (SSSR count). The molecule has 0 atom stereocenters. The number of nitrogens with zero attached hydrogens (tertiary/aromatic N) is 5. The van der Waals surface area contributed by atoms with Gasteiger partial charge >= 0.3 is 11.7 Å². The summed E-state index contributed by atoms with van der Waals surface area (Å²) in [5, 5.41) is 31.9. The molecule has 1 N–H and O–H groups in total. The summed E-state index contributed by atoms with van der Waals surface area (Å²) in [6, 6.07) is 4.96. The molecule has 0 spiro atoms. The predicted molar refractivity (Wildman–Crippen MR) is 63.9 cm³/mol. The van der Waals surface area contributed by atoms with Gasteiger partial charge in [0.2, 0.25) is 5.69 Å². The zero-order valence-electron chi connectivity index (χ0n) is 9.92. The Morgan fingerprint density at radius 1 is 1.60 bits per heavy atom. The average molecular weight is 273 g/mol. The number of aromatic nitrogens is 3. The smallest absolute Gasteiger partial charge is 0.363 e. The molecule has 0 aromatic carbocycles. The zero-order chi connectivity index (χ0) is 14.7. The van der Waals surface area contributed by atoms with E-state index < -0.39 is 22.3 Å². The Hall–Kier alpha value is -3.28. The van der Waals surface area contributed by atoms with E-state index in [4.69, 9.17) is 10.4 Å². The van der Waals surface area contributed by atoms with E-state index >= 15 is 0 Å². The number of carboxylic acid groups (broad SMARTS) is 1. The molecule has 0 aliphatic carbocycles. The number of hydrogen-bond donors (Lipinski definition) is 1. The molecule has 9 nitrogen and oxygen atoms in total. The van der Waals surface area contributed by atoms with Gasteiger partial charge in [0.1, 0.15) is 18.0 Å². The van der Waals surface area contributed by atoms with E-state index in [1.54, 1.807) is 6.07 Å². The Kier molecular flexibility index (Phi) is 3.39. The Balaban J connectivity index is 2.34. The molecule has 2 heterocycles. The lowest BCUT2D eigenvalue weighted by Crippen LogP contribution is -2.05. The molecule has 0 aliphatic rings. The monoisotopic (exact) mass is 273 g/mol. The van der Waals surface area contributed by atoms with Crippen molar-refractivity contribution >= 4 is 11.7 Å². The second-order valence-corrected chi connectivity index (χ2v) is 3.78. The molecule has 0 saturated carbocycles. The van der Waals surface area contributed by atoms with Gasteiger partial charge in [0.25, 0.3) is 0 Å². The minimum atomic E-state index is -1.47. The number of hydrogen-bond acceptors (Lipinski definition) is 6. The first-order valence-electron chi connectivity index (χ1n) is 5.31. The van der Waals surface area contributed by atoms with E-state index in [2.05, 4.69) is 10.1 Å². The molecule has 0 amide bonds. The van der Waals surface area contributed by atoms with Gasteiger partial charge in [-0.25, -0.2) is 9.78 Å². The maximum Gasteiger partial charge on any atom is 0.363 e. The van der Waals surface area contributed by atoms with Crippen LogP contribution in [-0.2, 0) is 6.54 Å². The van der Waals surface area contributed by atoms with E-state index in [9.17, 15) is 14.9 Å². The van der Waals surface area contributed by atoms with E-state index in [-0.39, 0.29) is 12.2 Å². The summed E-state index contributed by atoms with van der Waals surface area (Å²) in [6.07, 6.45) is 2.46. The third kappa shape index (κ3) is 2.59. The Morgan fingerprint density at radius 3 is 2.90 bits per heavy atom. The number of rotatable bonds is 4. The number of carboxylic acids is 1. The van der Waals surface area contributed by atoms with Crippen molar-refractivity contribution in [1.82, 2.24) is 14.8 Å². The Morgan fingerprint density at radius 2 is 2.35 bits per heavy atom. The number of nitriles is 1. The van der Waals surface area contributed by atoms with Crippen molar-refractivity contribution in [2.24, 2.45) is 0 Å². The number of pyridine rings is 1. The highest BCUT2D eigenvalue weighted by molar-refractivity contribution is 5.89. The summed E-state index contributed by atoms with van der Waals surface area (Å²) >= 11 is 0. The van der Waals surface area contributed by atoms with E-state index in [1.807, 2.05) is 6.07 Å². The number of nitro groups is 1. The lowest BCUT2D eigenvalue weighted by Gasteiger charge is -2.00. The molecular formula is C11H7N5O4. The maximum atomic E-state index is 10.9. The molecule has 20 heavy (non-hydrogen) atoms. The zero-order valence-corrected chi connectivity index (χ0v) is 9.92. The largest absolute Gasteiger partial charge is 0.476 e. The summed E-state index contributed by atoms with van der Waals surface area (Å²) in [6.45, 7) is 0.102. The van der Waals surface area contributed by atoms with Gasteiger partial charge in [0, 0.05) is 6.20 Å². The summed E-state index contributed by atoms with van der Waals surface area (Å²) in [5.41, 5.74) is -0.370. The third-order valence-corrected chi connectivity index (χ3v) is 2.43. The standard InChI is InChI=1S/C11H7N5O4/c12-4-8-3-7(1-2-13-8)5-15-6-9(16(19)20)10(14-15)11(17)18/h1-3,6H,5H2,(H,17,18). The fraction of sp³-hybridized carbons (Fsp3) is 0.0909. The van der Waals surface area contributed by atoms with Crippen LogP contribution in [0.5, 0.6) is 0 Å². The number of aromatic carboxylic acids is 1. The van der Waals surface area contributed by atoms with Gasteiger partial charge < -0.3 is 5.11 Å². The molecule has 0 fully saturated rings. The summed E-state index contributed by atoms with van der Waals surface area (Å²) in [5.74, 6) is -1.47. The fourth-order valence-electron chi connectivity index (χ4n) is 1.60. The Labute approximate surface area is 111 Å². The van der Waals surface area contributed by atoms with Crippen LogP contribution in [0.15, 0.2) is 24.5 Å². The van der Waals surface area contributed by atoms with Crippen molar-refractivity contribution in [2.45, 2.75) is 6.54 Å². The highest BCUT2D eigenvalue weighted by Crippen LogP contribution is 2.17. The van der Waals surface area contributed by atoms with Gasteiger partial charge in [0.15, 0.2) is 0 Å². The van der Waals surface area contributed by atoms with Gasteiger partial charge in [-0.1, -0.05) is 0 Å². The van der Waals surface area contributed by atoms with Crippen LogP contribution in [0, 0.1) is 21.4 Å². The molecule has 0 bridgehead atoms. The summed E-state index contributed by atoms with van der Waals surface area (Å²) in [4.78, 5) is 24.6. The van der Waals surface area contributed by atoms with Crippen molar-refractivity contribution < 1.29 is 14.8 Å². The SMILES string of the molecule is N#Cc1cc(Cn2cc([N+](=O)[O-])c(C(=O)O)n2)ccn1. The lowest BCUT2D eigenvalue weighted by molar-refractivity contribution is -0.385. The second kappa shape index (κ2) is 5.15. The summed E-state index contributed by atoms with van der Waals surface area (Å²) in [7, 11) is 0. The van der Waals surface area contributed by atoms with Gasteiger partial charge in [-0.15, -0.1) is 0 Å². The first-order valence-corrected chi connectivity index (χ1v) is 5.31. The van der Waals surface area contributed by atoms with Crippen LogP contribution in [0.3, 0.4) is 0 Å². The first-order chi connectivity index (χ1) is 9.51. The Bertz CT molecular complexity index is 699. The average Bonchev–Trinajstić information content (AvgIpc) is 2.83.